The first-order chi connectivity index (χ1) is 9.13. The molecule has 0 atom stereocenters. The standard InChI is InChI=1S/C15H16BrNO2/c1-19-15(5-2-6-15)8-14(18)12-9-17-13-7-10(16)3-4-11(12)13/h3-4,7,9,17H,2,5-6,8H2,1H3. The Balaban J connectivity index is 1.89. The number of carbonyl (C=O) groups excluding carboxylic acids is 1. The first-order valence-corrected chi connectivity index (χ1v) is 7.28. The van der Waals surface area contributed by atoms with Crippen LogP contribution in [-0.2, 0) is 4.74 Å². The summed E-state index contributed by atoms with van der Waals surface area (Å²) in [5, 5.41) is 0.985. The molecule has 1 N–H and O–H groups in total. The highest BCUT2D eigenvalue weighted by Crippen LogP contribution is 2.39. The molecule has 3 nitrogen and oxygen atoms in total. The largest absolute Gasteiger partial charge is 0.378 e. The van der Waals surface area contributed by atoms with Crippen molar-refractivity contribution in [3.05, 3.63) is 34.4 Å². The number of aromatic nitrogens is 1. The van der Waals surface area contributed by atoms with Gasteiger partial charge in [0.2, 0.25) is 0 Å². The van der Waals surface area contributed by atoms with Crippen LogP contribution in [0.5, 0.6) is 0 Å². The van der Waals surface area contributed by atoms with Crippen LogP contribution in [0.2, 0.25) is 0 Å². The lowest BCUT2D eigenvalue weighted by molar-refractivity contribution is -0.0704. The molecule has 0 saturated heterocycles. The summed E-state index contributed by atoms with van der Waals surface area (Å²) in [6.45, 7) is 0. The third kappa shape index (κ3) is 2.23. The third-order valence-electron chi connectivity index (χ3n) is 4.12. The molecule has 100 valence electrons. The number of carbonyl (C=O) groups is 1. The zero-order valence-electron chi connectivity index (χ0n) is 10.8. The zero-order chi connectivity index (χ0) is 13.5. The first kappa shape index (κ1) is 12.9. The molecular weight excluding hydrogens is 306 g/mol. The van der Waals surface area contributed by atoms with Gasteiger partial charge in [0.1, 0.15) is 0 Å². The number of nitrogens with one attached hydrogen (secondary N) is 1. The minimum Gasteiger partial charge on any atom is -0.378 e. The molecule has 0 aliphatic heterocycles. The molecule has 2 aromatic rings. The molecule has 1 heterocycles. The summed E-state index contributed by atoms with van der Waals surface area (Å²) < 4.78 is 6.54. The van der Waals surface area contributed by atoms with Crippen molar-refractivity contribution in [1.29, 1.82) is 0 Å². The maximum absolute atomic E-state index is 12.5. The average Bonchev–Trinajstić information content (AvgIpc) is 2.76. The molecule has 4 heteroatoms. The van der Waals surface area contributed by atoms with Gasteiger partial charge in [0.25, 0.3) is 0 Å². The molecule has 3 rings (SSSR count). The van der Waals surface area contributed by atoms with Gasteiger partial charge in [-0.1, -0.05) is 22.0 Å². The molecule has 0 amide bonds. The fourth-order valence-corrected chi connectivity index (χ4v) is 3.10. The van der Waals surface area contributed by atoms with Crippen LogP contribution in [0.3, 0.4) is 0 Å². The lowest BCUT2D eigenvalue weighted by Crippen LogP contribution is -2.41. The highest BCUT2D eigenvalue weighted by molar-refractivity contribution is 9.10. The van der Waals surface area contributed by atoms with E-state index in [9.17, 15) is 4.79 Å². The maximum Gasteiger partial charge on any atom is 0.167 e. The van der Waals surface area contributed by atoms with Crippen molar-refractivity contribution < 1.29 is 9.53 Å². The van der Waals surface area contributed by atoms with E-state index in [4.69, 9.17) is 4.74 Å². The van der Waals surface area contributed by atoms with Crippen LogP contribution in [0, 0.1) is 0 Å². The van der Waals surface area contributed by atoms with Crippen molar-refractivity contribution in [1.82, 2.24) is 4.98 Å². The molecule has 1 aromatic heterocycles. The number of Topliss-reactive ketones (excluding diaryl/α,β-unsaturated/α-hetero) is 1. The van der Waals surface area contributed by atoms with Crippen molar-refractivity contribution in [2.75, 3.05) is 7.11 Å². The predicted octanol–water partition coefficient (Wildman–Crippen LogP) is 4.07. The number of methoxy groups -OCH3 is 1. The summed E-state index contributed by atoms with van der Waals surface area (Å²) in [7, 11) is 1.71. The van der Waals surface area contributed by atoms with Gasteiger partial charge in [0.05, 0.1) is 5.60 Å². The van der Waals surface area contributed by atoms with Crippen molar-refractivity contribution in [2.24, 2.45) is 0 Å². The van der Waals surface area contributed by atoms with Crippen LogP contribution in [0.4, 0.5) is 0 Å². The highest BCUT2D eigenvalue weighted by Gasteiger charge is 2.39. The molecule has 0 bridgehead atoms. The number of halogens is 1. The molecule has 1 aromatic carbocycles. The number of H-pyrrole nitrogens is 1. The smallest absolute Gasteiger partial charge is 0.167 e. The number of hydrogen-bond acceptors (Lipinski definition) is 2. The van der Waals surface area contributed by atoms with E-state index in [0.29, 0.717) is 6.42 Å². The van der Waals surface area contributed by atoms with Gasteiger partial charge in [-0.25, -0.2) is 0 Å². The Morgan fingerprint density at radius 2 is 2.26 bits per heavy atom. The quantitative estimate of drug-likeness (QED) is 0.862. The topological polar surface area (TPSA) is 42.1 Å². The fraction of sp³-hybridized carbons (Fsp3) is 0.400. The number of fused-ring (bicyclic) bond motifs is 1. The summed E-state index contributed by atoms with van der Waals surface area (Å²) in [4.78, 5) is 15.6. The Bertz CT molecular complexity index is 623. The van der Waals surface area contributed by atoms with Crippen molar-refractivity contribution in [3.8, 4) is 0 Å². The van der Waals surface area contributed by atoms with Crippen LogP contribution < -0.4 is 0 Å². The molecule has 1 aliphatic rings. The minimum atomic E-state index is -0.212. The van der Waals surface area contributed by atoms with Gasteiger partial charge in [0, 0.05) is 40.7 Å². The van der Waals surface area contributed by atoms with E-state index in [1.807, 2.05) is 24.4 Å². The van der Waals surface area contributed by atoms with Gasteiger partial charge >= 0.3 is 0 Å². The van der Waals surface area contributed by atoms with Crippen molar-refractivity contribution in [3.63, 3.8) is 0 Å². The second-order valence-electron chi connectivity index (χ2n) is 5.23. The Labute approximate surface area is 120 Å². The SMILES string of the molecule is COC1(CC(=O)c2c[nH]c3cc(Br)ccc23)CCC1. The minimum absolute atomic E-state index is 0.162. The number of rotatable bonds is 4. The maximum atomic E-state index is 12.5. The van der Waals surface area contributed by atoms with E-state index in [1.165, 1.54) is 0 Å². The van der Waals surface area contributed by atoms with Crippen LogP contribution in [-0.4, -0.2) is 23.5 Å². The van der Waals surface area contributed by atoms with Gasteiger partial charge in [-0.3, -0.25) is 4.79 Å². The van der Waals surface area contributed by atoms with Crippen LogP contribution in [0.15, 0.2) is 28.9 Å². The van der Waals surface area contributed by atoms with E-state index in [2.05, 4.69) is 20.9 Å². The Morgan fingerprint density at radius 3 is 2.89 bits per heavy atom. The summed E-state index contributed by atoms with van der Waals surface area (Å²) in [5.41, 5.74) is 1.54. The van der Waals surface area contributed by atoms with Crippen molar-refractivity contribution >= 4 is 32.6 Å². The molecule has 0 unspecified atom stereocenters. The molecule has 0 spiro atoms. The summed E-state index contributed by atoms with van der Waals surface area (Å²) >= 11 is 3.43. The zero-order valence-corrected chi connectivity index (χ0v) is 12.4. The molecule has 0 radical (unpaired) electrons. The average molecular weight is 322 g/mol. The van der Waals surface area contributed by atoms with Gasteiger partial charge in [-0.15, -0.1) is 0 Å². The summed E-state index contributed by atoms with van der Waals surface area (Å²) in [6.07, 6.45) is 5.42. The Hall–Kier alpha value is -1.13. The van der Waals surface area contributed by atoms with Gasteiger partial charge in [-0.05, 0) is 31.4 Å². The Morgan fingerprint density at radius 1 is 1.47 bits per heavy atom. The number of ether oxygens (including phenoxy) is 1. The highest BCUT2D eigenvalue weighted by atomic mass is 79.9. The molecule has 1 fully saturated rings. The van der Waals surface area contributed by atoms with E-state index in [1.54, 1.807) is 7.11 Å². The van der Waals surface area contributed by atoms with E-state index in [-0.39, 0.29) is 11.4 Å². The molecule has 1 aliphatic carbocycles. The fourth-order valence-electron chi connectivity index (χ4n) is 2.74. The number of ketones is 1. The number of aromatic amines is 1. The second kappa shape index (κ2) is 4.76. The van der Waals surface area contributed by atoms with E-state index >= 15 is 0 Å². The number of hydrogen-bond donors (Lipinski definition) is 1. The van der Waals surface area contributed by atoms with Gasteiger partial charge in [-0.2, -0.15) is 0 Å². The molecule has 19 heavy (non-hydrogen) atoms. The van der Waals surface area contributed by atoms with Gasteiger partial charge in [0.15, 0.2) is 5.78 Å². The molecule has 1 saturated carbocycles. The van der Waals surface area contributed by atoms with Crippen LogP contribution in [0.25, 0.3) is 10.9 Å². The van der Waals surface area contributed by atoms with Gasteiger partial charge < -0.3 is 9.72 Å². The van der Waals surface area contributed by atoms with E-state index in [0.717, 1.165) is 40.2 Å². The molecular formula is C15H16BrNO2. The van der Waals surface area contributed by atoms with Crippen molar-refractivity contribution in [2.45, 2.75) is 31.3 Å². The first-order valence-electron chi connectivity index (χ1n) is 6.49. The lowest BCUT2D eigenvalue weighted by Gasteiger charge is -2.40. The van der Waals surface area contributed by atoms with Crippen LogP contribution in [0.1, 0.15) is 36.0 Å². The third-order valence-corrected chi connectivity index (χ3v) is 4.62. The predicted molar refractivity (Wildman–Crippen MR) is 78.5 cm³/mol. The lowest BCUT2D eigenvalue weighted by atomic mass is 9.76. The summed E-state index contributed by atoms with van der Waals surface area (Å²) in [6, 6.07) is 5.92. The Kier molecular flexibility index (Phi) is 3.23. The van der Waals surface area contributed by atoms with E-state index < -0.39 is 0 Å². The normalized spacial score (nSPS) is 17.4. The summed E-state index contributed by atoms with van der Waals surface area (Å²) in [5.74, 6) is 0.162. The second-order valence-corrected chi connectivity index (χ2v) is 6.15. The monoisotopic (exact) mass is 321 g/mol. The number of benzene rings is 1. The van der Waals surface area contributed by atoms with Crippen LogP contribution >= 0.6 is 15.9 Å².